The first-order valence-electron chi connectivity index (χ1n) is 18.9. The van der Waals surface area contributed by atoms with Gasteiger partial charge in [-0.05, 0) is 87.8 Å². The molecule has 3 aromatic heterocycles. The molecule has 1 N–H and O–H groups in total. The molecule has 13 rings (SSSR count). The van der Waals surface area contributed by atoms with Gasteiger partial charge in [-0.3, -0.25) is 0 Å². The highest BCUT2D eigenvalue weighted by molar-refractivity contribution is 6.74. The molecule has 0 atom stereocenters. The van der Waals surface area contributed by atoms with Gasteiger partial charge in [-0.15, -0.1) is 0 Å². The standard InChI is InChI=1S/C50H29BN2O2/c1-2-11-29-24-42-37(22-28(29)10-1)35-16-9-17-36(49(35)52-42)40-23-30-12-3-4-13-32(30)50-48(40)51-41-27-47-39(34-15-6-8-19-45(34)55-47)26-43(41)53(50)31-20-21-46-38(25-31)33-14-5-7-18-44(33)54-46/h1-27,51-52H. The Hall–Kier alpha value is -7.24. The lowest BCUT2D eigenvalue weighted by Crippen LogP contribution is -2.41. The molecule has 1 aliphatic rings. The van der Waals surface area contributed by atoms with Crippen LogP contribution in [0.15, 0.2) is 173 Å². The Labute approximate surface area is 315 Å². The maximum Gasteiger partial charge on any atom is 0.198 e. The van der Waals surface area contributed by atoms with Gasteiger partial charge in [-0.2, -0.15) is 0 Å². The molecule has 0 unspecified atom stereocenters. The third-order valence-electron chi connectivity index (χ3n) is 11.9. The lowest BCUT2D eigenvalue weighted by atomic mass is 9.57. The lowest BCUT2D eigenvalue weighted by Gasteiger charge is -2.36. The van der Waals surface area contributed by atoms with Gasteiger partial charge in [0.05, 0.1) is 5.52 Å². The number of nitrogens with zero attached hydrogens (tertiary/aromatic N) is 1. The summed E-state index contributed by atoms with van der Waals surface area (Å²) in [4.78, 5) is 6.39. The van der Waals surface area contributed by atoms with E-state index in [1.165, 1.54) is 60.1 Å². The largest absolute Gasteiger partial charge is 0.456 e. The number of H-pyrrole nitrogens is 1. The van der Waals surface area contributed by atoms with Crippen LogP contribution in [0.1, 0.15) is 0 Å². The van der Waals surface area contributed by atoms with Crippen LogP contribution in [0.3, 0.4) is 0 Å². The topological polar surface area (TPSA) is 45.3 Å². The van der Waals surface area contributed by atoms with Gasteiger partial charge in [0.15, 0.2) is 7.28 Å². The third kappa shape index (κ3) is 4.07. The van der Waals surface area contributed by atoms with Crippen LogP contribution in [0.2, 0.25) is 0 Å². The summed E-state index contributed by atoms with van der Waals surface area (Å²) in [5, 5.41) is 11.8. The van der Waals surface area contributed by atoms with Crippen molar-refractivity contribution in [2.24, 2.45) is 0 Å². The van der Waals surface area contributed by atoms with Gasteiger partial charge in [0.25, 0.3) is 0 Å². The summed E-state index contributed by atoms with van der Waals surface area (Å²) >= 11 is 0. The van der Waals surface area contributed by atoms with Crippen LogP contribution in [0.4, 0.5) is 17.1 Å². The van der Waals surface area contributed by atoms with Gasteiger partial charge in [-0.1, -0.05) is 109 Å². The summed E-state index contributed by atoms with van der Waals surface area (Å²) < 4.78 is 12.8. The highest BCUT2D eigenvalue weighted by Gasteiger charge is 2.31. The quantitative estimate of drug-likeness (QED) is 0.183. The number of anilines is 3. The minimum Gasteiger partial charge on any atom is -0.456 e. The number of furan rings is 2. The molecule has 1 aliphatic heterocycles. The van der Waals surface area contributed by atoms with Crippen molar-refractivity contribution >= 4 is 122 Å². The van der Waals surface area contributed by atoms with E-state index < -0.39 is 0 Å². The van der Waals surface area contributed by atoms with Crippen molar-refractivity contribution in [3.8, 4) is 11.1 Å². The van der Waals surface area contributed by atoms with Gasteiger partial charge in [0.1, 0.15) is 22.3 Å². The normalized spacial score (nSPS) is 12.8. The zero-order chi connectivity index (χ0) is 35.8. The molecule has 0 amide bonds. The molecular formula is C50H29BN2O2. The molecule has 55 heavy (non-hydrogen) atoms. The van der Waals surface area contributed by atoms with Crippen LogP contribution in [-0.4, -0.2) is 12.3 Å². The number of rotatable bonds is 2. The van der Waals surface area contributed by atoms with Gasteiger partial charge in [0.2, 0.25) is 0 Å². The highest BCUT2D eigenvalue weighted by atomic mass is 16.3. The maximum absolute atomic E-state index is 6.52. The number of fused-ring (bicyclic) bond motifs is 14. The van der Waals surface area contributed by atoms with Gasteiger partial charge >= 0.3 is 0 Å². The second kappa shape index (κ2) is 10.7. The van der Waals surface area contributed by atoms with Crippen LogP contribution >= 0.6 is 0 Å². The van der Waals surface area contributed by atoms with Crippen molar-refractivity contribution in [2.45, 2.75) is 0 Å². The number of aromatic amines is 1. The molecule has 12 aromatic rings. The molecule has 0 radical (unpaired) electrons. The van der Waals surface area contributed by atoms with Crippen molar-refractivity contribution in [1.29, 1.82) is 0 Å². The van der Waals surface area contributed by atoms with Crippen molar-refractivity contribution < 1.29 is 8.83 Å². The monoisotopic (exact) mass is 700 g/mol. The van der Waals surface area contributed by atoms with Crippen LogP contribution in [0, 0.1) is 0 Å². The lowest BCUT2D eigenvalue weighted by molar-refractivity contribution is 0.669. The predicted molar refractivity (Wildman–Crippen MR) is 232 cm³/mol. The zero-order valence-electron chi connectivity index (χ0n) is 29.6. The SMILES string of the molecule is B1c2cc3oc4ccccc4c3cc2N(c2ccc3oc4ccccc4c3c2)c2c1c(-c1cccc3c1[nH]c1cc4ccccc4cc13)cc1ccccc21. The molecule has 0 spiro atoms. The maximum atomic E-state index is 6.52. The Balaban J connectivity index is 1.14. The molecule has 9 aromatic carbocycles. The van der Waals surface area contributed by atoms with Crippen molar-refractivity contribution in [3.63, 3.8) is 0 Å². The van der Waals surface area contributed by atoms with E-state index in [9.17, 15) is 0 Å². The minimum absolute atomic E-state index is 0.756. The molecular weight excluding hydrogens is 671 g/mol. The van der Waals surface area contributed by atoms with Gasteiger partial charge < -0.3 is 18.7 Å². The van der Waals surface area contributed by atoms with Crippen molar-refractivity contribution in [3.05, 3.63) is 164 Å². The van der Waals surface area contributed by atoms with Crippen LogP contribution in [-0.2, 0) is 0 Å². The average Bonchev–Trinajstić information content (AvgIpc) is 3.91. The van der Waals surface area contributed by atoms with E-state index in [-0.39, 0.29) is 0 Å². The predicted octanol–water partition coefficient (Wildman–Crippen LogP) is 12.3. The van der Waals surface area contributed by atoms with Crippen molar-refractivity contribution in [1.82, 2.24) is 4.98 Å². The van der Waals surface area contributed by atoms with Gasteiger partial charge in [-0.25, -0.2) is 0 Å². The van der Waals surface area contributed by atoms with E-state index in [1.54, 1.807) is 0 Å². The fourth-order valence-corrected chi connectivity index (χ4v) is 9.47. The molecule has 4 nitrogen and oxygen atoms in total. The second-order valence-corrected chi connectivity index (χ2v) is 14.9. The van der Waals surface area contributed by atoms with E-state index in [0.717, 1.165) is 73.6 Å². The summed E-state index contributed by atoms with van der Waals surface area (Å²) in [6, 6.07) is 59.2. The van der Waals surface area contributed by atoms with Crippen LogP contribution < -0.4 is 15.8 Å². The molecule has 0 saturated carbocycles. The zero-order valence-corrected chi connectivity index (χ0v) is 29.6. The Morgan fingerprint density at radius 2 is 1.09 bits per heavy atom. The minimum atomic E-state index is 0.756. The van der Waals surface area contributed by atoms with E-state index in [2.05, 4.69) is 155 Å². The molecule has 0 aliphatic carbocycles. The molecule has 4 heterocycles. The Bertz CT molecular complexity index is 3610. The molecule has 0 saturated heterocycles. The average molecular weight is 701 g/mol. The summed E-state index contributed by atoms with van der Waals surface area (Å²) in [5.41, 5.74) is 14.3. The van der Waals surface area contributed by atoms with Crippen LogP contribution in [0.5, 0.6) is 0 Å². The third-order valence-corrected chi connectivity index (χ3v) is 11.9. The van der Waals surface area contributed by atoms with E-state index >= 15 is 0 Å². The fourth-order valence-electron chi connectivity index (χ4n) is 9.47. The Morgan fingerprint density at radius 3 is 1.91 bits per heavy atom. The van der Waals surface area contributed by atoms with E-state index in [4.69, 9.17) is 8.83 Å². The first-order chi connectivity index (χ1) is 27.2. The van der Waals surface area contributed by atoms with E-state index in [0.29, 0.717) is 0 Å². The number of hydrogen-bond acceptors (Lipinski definition) is 3. The van der Waals surface area contributed by atoms with Crippen LogP contribution in [0.25, 0.3) is 98.4 Å². The van der Waals surface area contributed by atoms with E-state index in [1.807, 2.05) is 18.2 Å². The number of benzene rings is 9. The number of nitrogens with one attached hydrogen (secondary N) is 1. The molecule has 0 bridgehead atoms. The fraction of sp³-hybridized carbons (Fsp3) is 0. The summed E-state index contributed by atoms with van der Waals surface area (Å²) in [7, 11) is 0.756. The molecule has 5 heteroatoms. The first kappa shape index (κ1) is 29.2. The number of aromatic nitrogens is 1. The summed E-state index contributed by atoms with van der Waals surface area (Å²) in [6.45, 7) is 0. The smallest absolute Gasteiger partial charge is 0.198 e. The highest BCUT2D eigenvalue weighted by Crippen LogP contribution is 2.46. The second-order valence-electron chi connectivity index (χ2n) is 14.9. The molecule has 254 valence electrons. The first-order valence-corrected chi connectivity index (χ1v) is 18.9. The summed E-state index contributed by atoms with van der Waals surface area (Å²) in [6.07, 6.45) is 0. The summed E-state index contributed by atoms with van der Waals surface area (Å²) in [5.74, 6) is 0. The number of para-hydroxylation sites is 3. The Morgan fingerprint density at radius 1 is 0.436 bits per heavy atom. The van der Waals surface area contributed by atoms with Gasteiger partial charge in [0, 0.05) is 65.8 Å². The Kier molecular flexibility index (Phi) is 5.68. The number of hydrogen-bond donors (Lipinski definition) is 1. The molecule has 0 fully saturated rings. The van der Waals surface area contributed by atoms with Crippen molar-refractivity contribution in [2.75, 3.05) is 4.90 Å².